The molecule has 0 aliphatic heterocycles. The fraction of sp³-hybridized carbons (Fsp3) is 0.222. The van der Waals surface area contributed by atoms with Crippen molar-refractivity contribution in [2.24, 2.45) is 5.73 Å². The second-order valence-corrected chi connectivity index (χ2v) is 5.81. The summed E-state index contributed by atoms with van der Waals surface area (Å²) in [6.45, 7) is 1.30. The van der Waals surface area contributed by atoms with Crippen molar-refractivity contribution < 1.29 is 0 Å². The Balaban J connectivity index is 1.93. The highest BCUT2D eigenvalue weighted by atomic mass is 35.5. The van der Waals surface area contributed by atoms with Gasteiger partial charge in [0.1, 0.15) is 0 Å². The smallest absolute Gasteiger partial charge is 0.183 e. The highest BCUT2D eigenvalue weighted by molar-refractivity contribution is 7.16. The standard InChI is InChI=1S/C9H10ClN3S2/c10-8-2-1-6(14-8)4-12-9-13-5-7(3-11)15-9/h1-2,5H,3-4,11H2,(H,12,13). The molecule has 15 heavy (non-hydrogen) atoms. The number of nitrogens with two attached hydrogens (primary N) is 1. The van der Waals surface area contributed by atoms with Crippen molar-refractivity contribution in [1.82, 2.24) is 4.98 Å². The fourth-order valence-corrected chi connectivity index (χ4v) is 2.81. The molecule has 0 saturated heterocycles. The number of aromatic nitrogens is 1. The highest BCUT2D eigenvalue weighted by Crippen LogP contribution is 2.23. The number of hydrogen-bond donors (Lipinski definition) is 2. The van der Waals surface area contributed by atoms with Gasteiger partial charge in [-0.25, -0.2) is 4.98 Å². The predicted octanol–water partition coefficient (Wildman–Crippen LogP) is 2.93. The number of nitrogens with one attached hydrogen (secondary N) is 1. The molecule has 0 aromatic carbocycles. The topological polar surface area (TPSA) is 50.9 Å². The maximum atomic E-state index is 5.83. The summed E-state index contributed by atoms with van der Waals surface area (Å²) in [5.74, 6) is 0. The van der Waals surface area contributed by atoms with Gasteiger partial charge in [0.15, 0.2) is 5.13 Å². The lowest BCUT2D eigenvalue weighted by Crippen LogP contribution is -1.95. The molecule has 2 heterocycles. The molecule has 0 amide bonds. The third-order valence-corrected chi connectivity index (χ3v) is 4.01. The zero-order valence-corrected chi connectivity index (χ0v) is 10.3. The Hall–Kier alpha value is -0.620. The Morgan fingerprint density at radius 1 is 1.33 bits per heavy atom. The van der Waals surface area contributed by atoms with Gasteiger partial charge in [0, 0.05) is 22.5 Å². The Kier molecular flexibility index (Phi) is 3.58. The van der Waals surface area contributed by atoms with Crippen molar-refractivity contribution in [2.75, 3.05) is 5.32 Å². The van der Waals surface area contributed by atoms with Crippen LogP contribution in [0.15, 0.2) is 18.3 Å². The first-order valence-corrected chi connectivity index (χ1v) is 6.42. The van der Waals surface area contributed by atoms with Gasteiger partial charge in [-0.2, -0.15) is 0 Å². The third kappa shape index (κ3) is 2.92. The Bertz CT molecular complexity index is 438. The van der Waals surface area contributed by atoms with Crippen molar-refractivity contribution in [1.29, 1.82) is 0 Å². The Labute approximate surface area is 101 Å². The zero-order valence-electron chi connectivity index (χ0n) is 7.87. The summed E-state index contributed by atoms with van der Waals surface area (Å²) in [6, 6.07) is 3.91. The van der Waals surface area contributed by atoms with E-state index in [-0.39, 0.29) is 0 Å². The molecular formula is C9H10ClN3S2. The Morgan fingerprint density at radius 2 is 2.20 bits per heavy atom. The van der Waals surface area contributed by atoms with E-state index in [1.807, 2.05) is 12.1 Å². The number of thiazole rings is 1. The lowest BCUT2D eigenvalue weighted by Gasteiger charge is -1.98. The maximum absolute atomic E-state index is 5.83. The first-order valence-electron chi connectivity index (χ1n) is 4.41. The summed E-state index contributed by atoms with van der Waals surface area (Å²) in [5.41, 5.74) is 5.50. The average molecular weight is 260 g/mol. The van der Waals surface area contributed by atoms with Gasteiger partial charge in [0.2, 0.25) is 0 Å². The molecule has 3 nitrogen and oxygen atoms in total. The van der Waals surface area contributed by atoms with Gasteiger partial charge in [-0.05, 0) is 12.1 Å². The third-order valence-electron chi connectivity index (χ3n) is 1.80. The number of anilines is 1. The van der Waals surface area contributed by atoms with Crippen LogP contribution in [0.1, 0.15) is 9.75 Å². The molecule has 0 bridgehead atoms. The Morgan fingerprint density at radius 3 is 2.80 bits per heavy atom. The first kappa shape index (κ1) is 10.9. The average Bonchev–Trinajstić information content (AvgIpc) is 2.83. The molecule has 0 fully saturated rings. The molecule has 80 valence electrons. The van der Waals surface area contributed by atoms with Gasteiger partial charge >= 0.3 is 0 Å². The lowest BCUT2D eigenvalue weighted by atomic mass is 10.5. The van der Waals surface area contributed by atoms with E-state index in [2.05, 4.69) is 10.3 Å². The van der Waals surface area contributed by atoms with Crippen LogP contribution in [-0.2, 0) is 13.1 Å². The van der Waals surface area contributed by atoms with E-state index in [0.29, 0.717) is 6.54 Å². The molecule has 0 spiro atoms. The molecule has 2 aromatic rings. The normalized spacial score (nSPS) is 10.5. The van der Waals surface area contributed by atoms with Crippen molar-refractivity contribution in [3.8, 4) is 0 Å². The first-order chi connectivity index (χ1) is 7.28. The monoisotopic (exact) mass is 259 g/mol. The minimum absolute atomic E-state index is 0.546. The number of hydrogen-bond acceptors (Lipinski definition) is 5. The molecule has 0 saturated carbocycles. The van der Waals surface area contributed by atoms with Crippen LogP contribution in [0.4, 0.5) is 5.13 Å². The van der Waals surface area contributed by atoms with Crippen molar-refractivity contribution in [3.63, 3.8) is 0 Å². The summed E-state index contributed by atoms with van der Waals surface area (Å²) in [4.78, 5) is 6.49. The molecule has 0 atom stereocenters. The summed E-state index contributed by atoms with van der Waals surface area (Å²) in [5, 5.41) is 4.14. The molecule has 0 unspecified atom stereocenters. The number of thiophene rings is 1. The van der Waals surface area contributed by atoms with E-state index in [1.165, 1.54) is 4.88 Å². The van der Waals surface area contributed by atoms with Crippen molar-refractivity contribution in [3.05, 3.63) is 32.4 Å². The molecular weight excluding hydrogens is 250 g/mol. The van der Waals surface area contributed by atoms with E-state index in [4.69, 9.17) is 17.3 Å². The van der Waals surface area contributed by atoms with Crippen LogP contribution in [0.2, 0.25) is 4.34 Å². The van der Waals surface area contributed by atoms with E-state index in [9.17, 15) is 0 Å². The summed E-state index contributed by atoms with van der Waals surface area (Å²) in [6.07, 6.45) is 1.80. The van der Waals surface area contributed by atoms with Crippen LogP contribution < -0.4 is 11.1 Å². The fourth-order valence-electron chi connectivity index (χ4n) is 1.09. The zero-order chi connectivity index (χ0) is 10.7. The van der Waals surface area contributed by atoms with Gasteiger partial charge in [-0.1, -0.05) is 11.6 Å². The van der Waals surface area contributed by atoms with Crippen LogP contribution in [0, 0.1) is 0 Å². The highest BCUT2D eigenvalue weighted by Gasteiger charge is 2.01. The molecule has 0 aliphatic carbocycles. The van der Waals surface area contributed by atoms with Crippen LogP contribution in [-0.4, -0.2) is 4.98 Å². The number of rotatable bonds is 4. The van der Waals surface area contributed by atoms with Crippen molar-refractivity contribution in [2.45, 2.75) is 13.1 Å². The van der Waals surface area contributed by atoms with Gasteiger partial charge in [-0.3, -0.25) is 0 Å². The van der Waals surface area contributed by atoms with Gasteiger partial charge in [0.05, 0.1) is 10.9 Å². The van der Waals surface area contributed by atoms with E-state index >= 15 is 0 Å². The van der Waals surface area contributed by atoms with Crippen LogP contribution in [0.3, 0.4) is 0 Å². The van der Waals surface area contributed by atoms with E-state index in [1.54, 1.807) is 28.9 Å². The molecule has 0 radical (unpaired) electrons. The van der Waals surface area contributed by atoms with Crippen LogP contribution in [0.25, 0.3) is 0 Å². The second-order valence-electron chi connectivity index (χ2n) is 2.90. The molecule has 2 rings (SSSR count). The van der Waals surface area contributed by atoms with Gasteiger partial charge in [0.25, 0.3) is 0 Å². The lowest BCUT2D eigenvalue weighted by molar-refractivity contribution is 1.09. The van der Waals surface area contributed by atoms with Crippen LogP contribution in [0.5, 0.6) is 0 Å². The largest absolute Gasteiger partial charge is 0.357 e. The summed E-state index contributed by atoms with van der Waals surface area (Å²) < 4.78 is 0.814. The van der Waals surface area contributed by atoms with E-state index in [0.717, 1.165) is 20.9 Å². The predicted molar refractivity (Wildman–Crippen MR) is 66.7 cm³/mol. The molecule has 3 N–H and O–H groups in total. The minimum Gasteiger partial charge on any atom is -0.357 e. The SMILES string of the molecule is NCc1cnc(NCc2ccc(Cl)s2)s1. The molecule has 2 aromatic heterocycles. The summed E-state index contributed by atoms with van der Waals surface area (Å²) >= 11 is 8.99. The van der Waals surface area contributed by atoms with E-state index < -0.39 is 0 Å². The van der Waals surface area contributed by atoms with Gasteiger partial charge < -0.3 is 11.1 Å². The minimum atomic E-state index is 0.546. The molecule has 0 aliphatic rings. The maximum Gasteiger partial charge on any atom is 0.183 e. The van der Waals surface area contributed by atoms with Crippen LogP contribution >= 0.6 is 34.3 Å². The summed E-state index contributed by atoms with van der Waals surface area (Å²) in [7, 11) is 0. The quantitative estimate of drug-likeness (QED) is 0.888. The number of nitrogens with zero attached hydrogens (tertiary/aromatic N) is 1. The van der Waals surface area contributed by atoms with Gasteiger partial charge in [-0.15, -0.1) is 22.7 Å². The van der Waals surface area contributed by atoms with Crippen molar-refractivity contribution >= 4 is 39.4 Å². The second kappa shape index (κ2) is 4.94. The number of halogens is 1. The molecule has 6 heteroatoms.